The monoisotopic (exact) mass is 261 g/mol. The van der Waals surface area contributed by atoms with Gasteiger partial charge in [-0.25, -0.2) is 0 Å². The molecule has 1 heterocycles. The van der Waals surface area contributed by atoms with E-state index < -0.39 is 0 Å². The van der Waals surface area contributed by atoms with Gasteiger partial charge in [0.1, 0.15) is 18.1 Å². The minimum Gasteiger partial charge on any atom is -0.493 e. The first kappa shape index (κ1) is 13.6. The first-order valence-electron chi connectivity index (χ1n) is 6.40. The lowest BCUT2D eigenvalue weighted by Crippen LogP contribution is -2.03. The van der Waals surface area contributed by atoms with Crippen LogP contribution in [0.4, 0.5) is 0 Å². The third kappa shape index (κ3) is 4.77. The van der Waals surface area contributed by atoms with Crippen LogP contribution in [-0.4, -0.2) is 13.2 Å². The summed E-state index contributed by atoms with van der Waals surface area (Å²) < 4.78 is 16.3. The van der Waals surface area contributed by atoms with Crippen molar-refractivity contribution in [1.29, 1.82) is 0 Å². The van der Waals surface area contributed by atoms with E-state index in [0.29, 0.717) is 26.4 Å². The summed E-state index contributed by atoms with van der Waals surface area (Å²) in [5, 5.41) is 0. The quantitative estimate of drug-likeness (QED) is 0.742. The number of ether oxygens (including phenoxy) is 2. The van der Waals surface area contributed by atoms with Crippen LogP contribution < -0.4 is 10.5 Å². The molecule has 0 saturated heterocycles. The zero-order valence-corrected chi connectivity index (χ0v) is 10.9. The van der Waals surface area contributed by atoms with Crippen LogP contribution in [0.2, 0.25) is 0 Å². The molecule has 1 aromatic heterocycles. The molecule has 19 heavy (non-hydrogen) atoms. The molecule has 0 fully saturated rings. The minimum atomic E-state index is 0.510. The van der Waals surface area contributed by atoms with Crippen molar-refractivity contribution in [2.75, 3.05) is 13.2 Å². The third-order valence-corrected chi connectivity index (χ3v) is 2.66. The van der Waals surface area contributed by atoms with Gasteiger partial charge >= 0.3 is 0 Å². The number of furan rings is 1. The molecule has 0 aliphatic heterocycles. The van der Waals surface area contributed by atoms with E-state index in [2.05, 4.69) is 0 Å². The second-order valence-corrected chi connectivity index (χ2v) is 4.19. The Kier molecular flexibility index (Phi) is 5.47. The third-order valence-electron chi connectivity index (χ3n) is 2.66. The number of hydrogen-bond donors (Lipinski definition) is 1. The Morgan fingerprint density at radius 3 is 2.84 bits per heavy atom. The fourth-order valence-electron chi connectivity index (χ4n) is 1.68. The van der Waals surface area contributed by atoms with Crippen LogP contribution in [0, 0.1) is 0 Å². The molecule has 0 aliphatic carbocycles. The number of rotatable bonds is 8. The van der Waals surface area contributed by atoms with Crippen LogP contribution in [0.25, 0.3) is 0 Å². The summed E-state index contributed by atoms with van der Waals surface area (Å²) >= 11 is 0. The maximum Gasteiger partial charge on any atom is 0.129 e. The van der Waals surface area contributed by atoms with E-state index in [1.54, 1.807) is 6.26 Å². The van der Waals surface area contributed by atoms with Crippen molar-refractivity contribution in [2.45, 2.75) is 19.6 Å². The second-order valence-electron chi connectivity index (χ2n) is 4.19. The van der Waals surface area contributed by atoms with Crippen LogP contribution in [0.3, 0.4) is 0 Å². The van der Waals surface area contributed by atoms with Crippen molar-refractivity contribution in [3.05, 3.63) is 54.0 Å². The molecule has 0 unspecified atom stereocenters. The maximum absolute atomic E-state index is 5.63. The molecule has 0 saturated carbocycles. The van der Waals surface area contributed by atoms with Crippen LogP contribution in [0.1, 0.15) is 17.7 Å². The van der Waals surface area contributed by atoms with E-state index in [4.69, 9.17) is 19.6 Å². The molecule has 0 spiro atoms. The maximum atomic E-state index is 5.63. The second kappa shape index (κ2) is 7.61. The Morgan fingerprint density at radius 2 is 2.05 bits per heavy atom. The van der Waals surface area contributed by atoms with E-state index in [9.17, 15) is 0 Å². The Morgan fingerprint density at radius 1 is 1.11 bits per heavy atom. The highest BCUT2D eigenvalue weighted by atomic mass is 16.5. The van der Waals surface area contributed by atoms with Crippen molar-refractivity contribution < 1.29 is 13.9 Å². The summed E-state index contributed by atoms with van der Waals surface area (Å²) in [7, 11) is 0. The van der Waals surface area contributed by atoms with Gasteiger partial charge in [-0.3, -0.25) is 0 Å². The molecule has 4 nitrogen and oxygen atoms in total. The van der Waals surface area contributed by atoms with Crippen molar-refractivity contribution in [1.82, 2.24) is 0 Å². The molecule has 2 rings (SSSR count). The Hall–Kier alpha value is -1.78. The predicted octanol–water partition coefficient (Wildman–Crippen LogP) is 2.72. The Bertz CT molecular complexity index is 468. The molecular weight excluding hydrogens is 242 g/mol. The predicted molar refractivity (Wildman–Crippen MR) is 72.8 cm³/mol. The van der Waals surface area contributed by atoms with Gasteiger partial charge in [0.2, 0.25) is 0 Å². The van der Waals surface area contributed by atoms with Crippen molar-refractivity contribution in [3.8, 4) is 5.75 Å². The SMILES string of the molecule is NCc1cccc(OCCCOCc2ccco2)c1. The molecule has 2 N–H and O–H groups in total. The zero-order chi connectivity index (χ0) is 13.3. The molecule has 0 aliphatic rings. The van der Waals surface area contributed by atoms with Gasteiger partial charge in [-0.2, -0.15) is 0 Å². The fraction of sp³-hybridized carbons (Fsp3) is 0.333. The van der Waals surface area contributed by atoms with Crippen LogP contribution in [-0.2, 0) is 17.9 Å². The Labute approximate surface area is 113 Å². The summed E-state index contributed by atoms with van der Waals surface area (Å²) in [6.45, 7) is 2.32. The zero-order valence-electron chi connectivity index (χ0n) is 10.9. The van der Waals surface area contributed by atoms with Gasteiger partial charge in [0.15, 0.2) is 0 Å². The average molecular weight is 261 g/mol. The van der Waals surface area contributed by atoms with Crippen molar-refractivity contribution in [2.24, 2.45) is 5.73 Å². The normalized spacial score (nSPS) is 10.6. The van der Waals surface area contributed by atoms with Gasteiger partial charge < -0.3 is 19.6 Å². The smallest absolute Gasteiger partial charge is 0.129 e. The Balaban J connectivity index is 1.58. The minimum absolute atomic E-state index is 0.510. The molecular formula is C15H19NO3. The lowest BCUT2D eigenvalue weighted by Gasteiger charge is -2.07. The lowest BCUT2D eigenvalue weighted by atomic mass is 10.2. The summed E-state index contributed by atoms with van der Waals surface area (Å²) in [5.41, 5.74) is 6.65. The molecule has 1 aromatic carbocycles. The molecule has 102 valence electrons. The van der Waals surface area contributed by atoms with Gasteiger partial charge in [0.25, 0.3) is 0 Å². The molecule has 0 atom stereocenters. The summed E-state index contributed by atoms with van der Waals surface area (Å²) in [6, 6.07) is 11.6. The summed E-state index contributed by atoms with van der Waals surface area (Å²) in [6.07, 6.45) is 2.49. The van der Waals surface area contributed by atoms with E-state index in [-0.39, 0.29) is 0 Å². The average Bonchev–Trinajstić information content (AvgIpc) is 2.96. The standard InChI is InChI=1S/C15H19NO3/c16-11-13-4-1-5-14(10-13)18-9-3-7-17-12-15-6-2-8-19-15/h1-2,4-6,8,10H,3,7,9,11-12,16H2. The summed E-state index contributed by atoms with van der Waals surface area (Å²) in [5.74, 6) is 1.70. The van der Waals surface area contributed by atoms with E-state index in [1.165, 1.54) is 0 Å². The highest BCUT2D eigenvalue weighted by molar-refractivity contribution is 5.28. The van der Waals surface area contributed by atoms with Gasteiger partial charge in [0, 0.05) is 13.0 Å². The molecule has 0 bridgehead atoms. The van der Waals surface area contributed by atoms with Gasteiger partial charge in [-0.05, 0) is 29.8 Å². The highest BCUT2D eigenvalue weighted by Crippen LogP contribution is 2.13. The first-order chi connectivity index (χ1) is 9.38. The number of hydrogen-bond acceptors (Lipinski definition) is 4. The topological polar surface area (TPSA) is 57.6 Å². The van der Waals surface area contributed by atoms with Gasteiger partial charge in [-0.15, -0.1) is 0 Å². The lowest BCUT2D eigenvalue weighted by molar-refractivity contribution is 0.0944. The van der Waals surface area contributed by atoms with Crippen molar-refractivity contribution in [3.63, 3.8) is 0 Å². The molecule has 0 radical (unpaired) electrons. The first-order valence-corrected chi connectivity index (χ1v) is 6.40. The molecule has 2 aromatic rings. The largest absolute Gasteiger partial charge is 0.493 e. The van der Waals surface area contributed by atoms with Crippen LogP contribution in [0.5, 0.6) is 5.75 Å². The summed E-state index contributed by atoms with van der Waals surface area (Å²) in [4.78, 5) is 0. The van der Waals surface area contributed by atoms with Gasteiger partial charge in [-0.1, -0.05) is 12.1 Å². The fourth-order valence-corrected chi connectivity index (χ4v) is 1.68. The van der Waals surface area contributed by atoms with Gasteiger partial charge in [0.05, 0.1) is 19.5 Å². The highest BCUT2D eigenvalue weighted by Gasteiger charge is 1.97. The van der Waals surface area contributed by atoms with Crippen LogP contribution >= 0.6 is 0 Å². The van der Waals surface area contributed by atoms with E-state index in [0.717, 1.165) is 23.5 Å². The van der Waals surface area contributed by atoms with Crippen molar-refractivity contribution >= 4 is 0 Å². The molecule has 0 amide bonds. The number of nitrogens with two attached hydrogens (primary N) is 1. The molecule has 4 heteroatoms. The van der Waals surface area contributed by atoms with Crippen LogP contribution in [0.15, 0.2) is 47.1 Å². The number of benzene rings is 1. The van der Waals surface area contributed by atoms with E-state index >= 15 is 0 Å². The van der Waals surface area contributed by atoms with E-state index in [1.807, 2.05) is 36.4 Å².